The molecule has 1 aromatic rings. The minimum atomic E-state index is -0.456. The van der Waals surface area contributed by atoms with Crippen LogP contribution in [0.1, 0.15) is 52.1 Å². The van der Waals surface area contributed by atoms with E-state index >= 15 is 0 Å². The Morgan fingerprint density at radius 3 is 2.75 bits per heavy atom. The van der Waals surface area contributed by atoms with E-state index in [4.69, 9.17) is 4.74 Å². The van der Waals surface area contributed by atoms with Gasteiger partial charge in [-0.25, -0.2) is 9.78 Å². The zero-order chi connectivity index (χ0) is 17.4. The van der Waals surface area contributed by atoms with Crippen molar-refractivity contribution in [3.63, 3.8) is 0 Å². The summed E-state index contributed by atoms with van der Waals surface area (Å²) < 4.78 is 5.61. The van der Waals surface area contributed by atoms with Crippen LogP contribution in [0.25, 0.3) is 0 Å². The summed E-state index contributed by atoms with van der Waals surface area (Å²) in [4.78, 5) is 19.0. The molecule has 0 bridgehead atoms. The summed E-state index contributed by atoms with van der Waals surface area (Å²) in [5.74, 6) is 0.870. The van der Waals surface area contributed by atoms with E-state index in [1.165, 1.54) is 12.8 Å². The van der Waals surface area contributed by atoms with E-state index in [1.807, 2.05) is 50.8 Å². The minimum Gasteiger partial charge on any atom is -0.444 e. The van der Waals surface area contributed by atoms with Crippen molar-refractivity contribution in [1.29, 1.82) is 0 Å². The van der Waals surface area contributed by atoms with Gasteiger partial charge in [0.05, 0.1) is 6.04 Å². The average Bonchev–Trinajstić information content (AvgIpc) is 3.22. The molecular weight excluding hydrogens is 302 g/mol. The Balaban J connectivity index is 1.66. The van der Waals surface area contributed by atoms with E-state index in [-0.39, 0.29) is 12.1 Å². The van der Waals surface area contributed by atoms with E-state index in [1.54, 1.807) is 0 Å². The Morgan fingerprint density at radius 1 is 1.38 bits per heavy atom. The van der Waals surface area contributed by atoms with Crippen molar-refractivity contribution in [2.24, 2.45) is 5.41 Å². The number of ether oxygens (including phenoxy) is 1. The number of anilines is 1. The topological polar surface area (TPSA) is 54.5 Å². The van der Waals surface area contributed by atoms with E-state index < -0.39 is 5.60 Å². The SMILES string of the molecule is Cc1cccc(NCC2CC3(CCN2C(=O)OC(C)(C)C)CC3)n1. The van der Waals surface area contributed by atoms with Crippen LogP contribution in [0.4, 0.5) is 10.6 Å². The summed E-state index contributed by atoms with van der Waals surface area (Å²) in [6, 6.07) is 6.12. The average molecular weight is 331 g/mol. The van der Waals surface area contributed by atoms with Gasteiger partial charge in [-0.05, 0) is 70.9 Å². The first kappa shape index (κ1) is 17.1. The lowest BCUT2D eigenvalue weighted by atomic mass is 9.88. The second kappa shape index (κ2) is 6.26. The Morgan fingerprint density at radius 2 is 2.12 bits per heavy atom. The lowest BCUT2D eigenvalue weighted by Crippen LogP contribution is -2.51. The number of hydrogen-bond donors (Lipinski definition) is 1. The van der Waals surface area contributed by atoms with Crippen LogP contribution >= 0.6 is 0 Å². The summed E-state index contributed by atoms with van der Waals surface area (Å²) in [7, 11) is 0. The maximum Gasteiger partial charge on any atom is 0.410 e. The minimum absolute atomic E-state index is 0.165. The first-order valence-electron chi connectivity index (χ1n) is 8.94. The highest BCUT2D eigenvalue weighted by atomic mass is 16.6. The second-order valence-corrected chi connectivity index (χ2v) is 8.33. The monoisotopic (exact) mass is 331 g/mol. The summed E-state index contributed by atoms with van der Waals surface area (Å²) >= 11 is 0. The normalized spacial score (nSPS) is 22.3. The lowest BCUT2D eigenvalue weighted by Gasteiger charge is -2.40. The van der Waals surface area contributed by atoms with Gasteiger partial charge in [0.1, 0.15) is 11.4 Å². The van der Waals surface area contributed by atoms with E-state index in [0.29, 0.717) is 5.41 Å². The van der Waals surface area contributed by atoms with Crippen LogP contribution in [-0.4, -0.2) is 40.7 Å². The molecule has 5 nitrogen and oxygen atoms in total. The molecule has 0 radical (unpaired) electrons. The zero-order valence-corrected chi connectivity index (χ0v) is 15.3. The largest absolute Gasteiger partial charge is 0.444 e. The number of likely N-dealkylation sites (tertiary alicyclic amines) is 1. The second-order valence-electron chi connectivity index (χ2n) is 8.33. The maximum absolute atomic E-state index is 12.6. The van der Waals surface area contributed by atoms with Crippen molar-refractivity contribution in [3.05, 3.63) is 23.9 Å². The first-order chi connectivity index (χ1) is 11.3. The number of aromatic nitrogens is 1. The molecule has 5 heteroatoms. The number of nitrogens with zero attached hydrogens (tertiary/aromatic N) is 2. The fourth-order valence-electron chi connectivity index (χ4n) is 3.49. The highest BCUT2D eigenvalue weighted by Gasteiger charge is 2.49. The summed E-state index contributed by atoms with van der Waals surface area (Å²) in [6.45, 7) is 9.25. The first-order valence-corrected chi connectivity index (χ1v) is 8.94. The molecule has 132 valence electrons. The van der Waals surface area contributed by atoms with Gasteiger partial charge in [0, 0.05) is 18.8 Å². The molecule has 1 spiro atoms. The Hall–Kier alpha value is -1.78. The molecule has 1 saturated carbocycles. The third-order valence-electron chi connectivity index (χ3n) is 4.98. The molecule has 3 rings (SSSR count). The fraction of sp³-hybridized carbons (Fsp3) is 0.684. The van der Waals surface area contributed by atoms with Gasteiger partial charge in [-0.3, -0.25) is 0 Å². The number of aryl methyl sites for hydroxylation is 1. The molecular formula is C19H29N3O2. The van der Waals surface area contributed by atoms with Gasteiger partial charge >= 0.3 is 6.09 Å². The number of piperidine rings is 1. The highest BCUT2D eigenvalue weighted by molar-refractivity contribution is 5.69. The Labute approximate surface area is 144 Å². The van der Waals surface area contributed by atoms with Crippen molar-refractivity contribution < 1.29 is 9.53 Å². The Kier molecular flexibility index (Phi) is 4.45. The number of carbonyl (C=O) groups is 1. The summed E-state index contributed by atoms with van der Waals surface area (Å²) in [6.07, 6.45) is 4.57. The highest BCUT2D eigenvalue weighted by Crippen LogP contribution is 2.55. The van der Waals surface area contributed by atoms with Gasteiger partial charge < -0.3 is 15.0 Å². The predicted molar refractivity (Wildman–Crippen MR) is 95.1 cm³/mol. The van der Waals surface area contributed by atoms with Crippen molar-refractivity contribution in [3.8, 4) is 0 Å². The van der Waals surface area contributed by atoms with Gasteiger partial charge in [0.25, 0.3) is 0 Å². The van der Waals surface area contributed by atoms with E-state index in [2.05, 4.69) is 10.3 Å². The lowest BCUT2D eigenvalue weighted by molar-refractivity contribution is 0.00462. The molecule has 2 heterocycles. The molecule has 0 aromatic carbocycles. The third kappa shape index (κ3) is 4.19. The van der Waals surface area contributed by atoms with Crippen LogP contribution in [0, 0.1) is 12.3 Å². The number of amides is 1. The molecule has 1 aromatic heterocycles. The van der Waals surface area contributed by atoms with Crippen molar-refractivity contribution in [2.45, 2.75) is 65.0 Å². The van der Waals surface area contributed by atoms with Crippen LogP contribution < -0.4 is 5.32 Å². The number of nitrogens with one attached hydrogen (secondary N) is 1. The molecule has 1 aliphatic heterocycles. The molecule has 1 atom stereocenters. The standard InChI is InChI=1S/C19H29N3O2/c1-14-6-5-7-16(21-14)20-13-15-12-19(8-9-19)10-11-22(15)17(23)24-18(2,3)4/h5-7,15H,8-13H2,1-4H3,(H,20,21). The van der Waals surface area contributed by atoms with Crippen molar-refractivity contribution in [1.82, 2.24) is 9.88 Å². The summed E-state index contributed by atoms with van der Waals surface area (Å²) in [5.41, 5.74) is 1.01. The molecule has 2 aliphatic rings. The molecule has 2 fully saturated rings. The maximum atomic E-state index is 12.6. The number of carbonyl (C=O) groups excluding carboxylic acids is 1. The van der Waals surface area contributed by atoms with Gasteiger partial charge in [-0.15, -0.1) is 0 Å². The molecule has 1 unspecified atom stereocenters. The quantitative estimate of drug-likeness (QED) is 0.910. The molecule has 1 amide bonds. The van der Waals surface area contributed by atoms with Crippen LogP contribution in [0.2, 0.25) is 0 Å². The predicted octanol–water partition coefficient (Wildman–Crippen LogP) is 3.98. The molecule has 1 aliphatic carbocycles. The molecule has 1 saturated heterocycles. The molecule has 24 heavy (non-hydrogen) atoms. The summed E-state index contributed by atoms with van der Waals surface area (Å²) in [5, 5.41) is 3.41. The van der Waals surface area contributed by atoms with E-state index in [0.717, 1.165) is 37.4 Å². The van der Waals surface area contributed by atoms with Crippen LogP contribution in [0.5, 0.6) is 0 Å². The number of hydrogen-bond acceptors (Lipinski definition) is 4. The molecule has 1 N–H and O–H groups in total. The van der Waals surface area contributed by atoms with Gasteiger partial charge in [0.15, 0.2) is 0 Å². The van der Waals surface area contributed by atoms with Crippen LogP contribution in [0.15, 0.2) is 18.2 Å². The fourth-order valence-corrected chi connectivity index (χ4v) is 3.49. The Bertz CT molecular complexity index is 605. The van der Waals surface area contributed by atoms with Crippen LogP contribution in [0.3, 0.4) is 0 Å². The number of rotatable bonds is 3. The number of pyridine rings is 1. The smallest absolute Gasteiger partial charge is 0.410 e. The zero-order valence-electron chi connectivity index (χ0n) is 15.3. The van der Waals surface area contributed by atoms with Crippen molar-refractivity contribution in [2.75, 3.05) is 18.4 Å². The van der Waals surface area contributed by atoms with Gasteiger partial charge in [-0.2, -0.15) is 0 Å². The van der Waals surface area contributed by atoms with Crippen LogP contribution in [-0.2, 0) is 4.74 Å². The van der Waals surface area contributed by atoms with Gasteiger partial charge in [0.2, 0.25) is 0 Å². The van der Waals surface area contributed by atoms with E-state index in [9.17, 15) is 4.79 Å². The van der Waals surface area contributed by atoms with Gasteiger partial charge in [-0.1, -0.05) is 6.07 Å². The van der Waals surface area contributed by atoms with Crippen molar-refractivity contribution >= 4 is 11.9 Å². The third-order valence-corrected chi connectivity index (χ3v) is 4.98.